The van der Waals surface area contributed by atoms with Gasteiger partial charge in [0, 0.05) is 13.1 Å². The van der Waals surface area contributed by atoms with Gasteiger partial charge in [0.05, 0.1) is 39.1 Å². The van der Waals surface area contributed by atoms with Crippen LogP contribution in [0.5, 0.6) is 5.75 Å². The van der Waals surface area contributed by atoms with E-state index < -0.39 is 20.8 Å². The molecule has 2 aliphatic rings. The van der Waals surface area contributed by atoms with Crippen LogP contribution in [0.4, 0.5) is 15.3 Å². The summed E-state index contributed by atoms with van der Waals surface area (Å²) >= 11 is 0. The molecule has 1 atom stereocenters. The second-order valence-corrected chi connectivity index (χ2v) is 11.6. The van der Waals surface area contributed by atoms with Crippen LogP contribution in [-0.4, -0.2) is 22.1 Å². The number of para-hydroxylation sites is 1. The maximum absolute atomic E-state index is 15.4. The summed E-state index contributed by atoms with van der Waals surface area (Å²) in [6.07, 6.45) is 1.65. The summed E-state index contributed by atoms with van der Waals surface area (Å²) in [5, 5.41) is 0. The van der Waals surface area contributed by atoms with Gasteiger partial charge in [-0.25, -0.2) is 13.1 Å². The van der Waals surface area contributed by atoms with Gasteiger partial charge in [0.2, 0.25) is 0 Å². The first kappa shape index (κ1) is 21.1. The van der Waals surface area contributed by atoms with Crippen LogP contribution in [0.15, 0.2) is 76.5 Å². The Balaban J connectivity index is 1.36. The van der Waals surface area contributed by atoms with Gasteiger partial charge in [-0.2, -0.15) is 0 Å². The first-order chi connectivity index (χ1) is 15.4. The van der Waals surface area contributed by atoms with Gasteiger partial charge in [0.15, 0.2) is 0 Å². The summed E-state index contributed by atoms with van der Waals surface area (Å²) in [5.74, 6) is 0.594. The fraction of sp³-hybridized carbons (Fsp3) is 0.217. The molecular weight excluding hydrogens is 449 g/mol. The summed E-state index contributed by atoms with van der Waals surface area (Å²) in [6, 6.07) is 19.6. The SMILES string of the molecule is COc1ccc2c(c1)S(F)(NCc1cccc(S(=O)(=O)N3CCCc4ccccc43)c1)N2. The zero-order valence-electron chi connectivity index (χ0n) is 17.5. The van der Waals surface area contributed by atoms with Crippen LogP contribution >= 0.6 is 10.8 Å². The van der Waals surface area contributed by atoms with E-state index in [1.807, 2.05) is 24.3 Å². The number of benzene rings is 3. The molecule has 3 aromatic rings. The summed E-state index contributed by atoms with van der Waals surface area (Å²) in [6.45, 7) is 0.636. The predicted molar refractivity (Wildman–Crippen MR) is 126 cm³/mol. The van der Waals surface area contributed by atoms with Gasteiger partial charge >= 0.3 is 0 Å². The number of sulfonamides is 1. The maximum Gasteiger partial charge on any atom is 0.264 e. The Kier molecular flexibility index (Phi) is 5.27. The van der Waals surface area contributed by atoms with Crippen molar-refractivity contribution in [3.8, 4) is 5.75 Å². The molecule has 0 amide bonds. The molecule has 2 heterocycles. The van der Waals surface area contributed by atoms with Crippen LogP contribution in [0.2, 0.25) is 0 Å². The molecular formula is C23H24FN3O3S2. The molecule has 2 N–H and O–H groups in total. The van der Waals surface area contributed by atoms with Crippen molar-refractivity contribution in [2.75, 3.05) is 22.7 Å². The Morgan fingerprint density at radius 2 is 1.97 bits per heavy atom. The second kappa shape index (κ2) is 7.99. The van der Waals surface area contributed by atoms with E-state index in [-0.39, 0.29) is 11.4 Å². The topological polar surface area (TPSA) is 70.7 Å². The van der Waals surface area contributed by atoms with E-state index >= 15 is 3.89 Å². The summed E-state index contributed by atoms with van der Waals surface area (Å²) < 4.78 is 54.7. The van der Waals surface area contributed by atoms with Crippen LogP contribution in [0.1, 0.15) is 17.5 Å². The van der Waals surface area contributed by atoms with Crippen molar-refractivity contribution in [2.24, 2.45) is 0 Å². The minimum Gasteiger partial charge on any atom is -0.497 e. The maximum atomic E-state index is 15.4. The van der Waals surface area contributed by atoms with Crippen molar-refractivity contribution in [1.82, 2.24) is 4.72 Å². The zero-order chi connectivity index (χ0) is 22.3. The molecule has 9 heteroatoms. The van der Waals surface area contributed by atoms with Gasteiger partial charge in [-0.05, 0) is 60.4 Å². The van der Waals surface area contributed by atoms with Gasteiger partial charge in [-0.15, -0.1) is 3.89 Å². The quantitative estimate of drug-likeness (QED) is 0.531. The molecule has 0 saturated carbocycles. The minimum absolute atomic E-state index is 0.190. The Morgan fingerprint density at radius 1 is 1.12 bits per heavy atom. The Hall–Kier alpha value is -2.75. The van der Waals surface area contributed by atoms with Crippen LogP contribution in [0.25, 0.3) is 0 Å². The third kappa shape index (κ3) is 3.60. The largest absolute Gasteiger partial charge is 0.497 e. The molecule has 6 nitrogen and oxygen atoms in total. The van der Waals surface area contributed by atoms with Gasteiger partial charge in [0.25, 0.3) is 10.0 Å². The van der Waals surface area contributed by atoms with Crippen molar-refractivity contribution >= 4 is 32.2 Å². The normalized spacial score (nSPS) is 21.4. The number of nitrogens with zero attached hydrogens (tertiary/aromatic N) is 1. The average Bonchev–Trinajstić information content (AvgIpc) is 2.82. The van der Waals surface area contributed by atoms with Gasteiger partial charge in [0.1, 0.15) is 5.75 Å². The average molecular weight is 474 g/mol. The molecule has 0 fully saturated rings. The predicted octanol–water partition coefficient (Wildman–Crippen LogP) is 4.93. The zero-order valence-corrected chi connectivity index (χ0v) is 19.2. The van der Waals surface area contributed by atoms with Crippen LogP contribution in [0, 0.1) is 0 Å². The first-order valence-corrected chi connectivity index (χ1v) is 13.3. The summed E-state index contributed by atoms with van der Waals surface area (Å²) in [4.78, 5) is 0.755. The fourth-order valence-electron chi connectivity index (χ4n) is 4.10. The van der Waals surface area contributed by atoms with Gasteiger partial charge in [-0.3, -0.25) is 4.31 Å². The van der Waals surface area contributed by atoms with Gasteiger partial charge in [-0.1, -0.05) is 30.3 Å². The molecule has 1 unspecified atom stereocenters. The summed E-state index contributed by atoms with van der Waals surface area (Å²) in [7, 11) is -5.05. The lowest BCUT2D eigenvalue weighted by molar-refractivity contribution is 0.413. The van der Waals surface area contributed by atoms with Crippen molar-refractivity contribution in [1.29, 1.82) is 0 Å². The summed E-state index contributed by atoms with van der Waals surface area (Å²) in [5.41, 5.74) is 3.20. The third-order valence-corrected chi connectivity index (χ3v) is 9.57. The first-order valence-electron chi connectivity index (χ1n) is 10.3. The number of ether oxygens (including phenoxy) is 1. The van der Waals surface area contributed by atoms with Crippen molar-refractivity contribution in [2.45, 2.75) is 29.2 Å². The fourth-order valence-corrected chi connectivity index (χ4v) is 7.44. The highest BCUT2D eigenvalue weighted by Gasteiger charge is 2.38. The molecule has 0 bridgehead atoms. The monoisotopic (exact) mass is 473 g/mol. The molecule has 0 aromatic heterocycles. The lowest BCUT2D eigenvalue weighted by Crippen LogP contribution is -2.35. The highest BCUT2D eigenvalue weighted by Crippen LogP contribution is 2.65. The van der Waals surface area contributed by atoms with E-state index in [4.69, 9.17) is 4.74 Å². The number of hydrogen-bond acceptors (Lipinski definition) is 5. The molecule has 5 rings (SSSR count). The van der Waals surface area contributed by atoms with Crippen LogP contribution < -0.4 is 18.5 Å². The van der Waals surface area contributed by atoms with Crippen LogP contribution in [-0.2, 0) is 23.0 Å². The molecule has 0 aliphatic carbocycles. The number of anilines is 2. The molecule has 168 valence electrons. The molecule has 32 heavy (non-hydrogen) atoms. The lowest BCUT2D eigenvalue weighted by atomic mass is 10.0. The van der Waals surface area contributed by atoms with E-state index in [1.165, 1.54) is 4.31 Å². The van der Waals surface area contributed by atoms with Crippen molar-refractivity contribution in [3.05, 3.63) is 77.9 Å². The Labute approximate surface area is 189 Å². The number of nitrogens with one attached hydrogen (secondary N) is 2. The lowest BCUT2D eigenvalue weighted by Gasteiger charge is -2.43. The minimum atomic E-state index is -3.71. The molecule has 2 aliphatic heterocycles. The van der Waals surface area contributed by atoms with Crippen molar-refractivity contribution in [3.63, 3.8) is 0 Å². The molecule has 0 radical (unpaired) electrons. The smallest absolute Gasteiger partial charge is 0.264 e. The number of aryl methyl sites for hydroxylation is 1. The van der Waals surface area contributed by atoms with Crippen molar-refractivity contribution < 1.29 is 17.0 Å². The number of rotatable bonds is 6. The van der Waals surface area contributed by atoms with E-state index in [0.717, 1.165) is 29.8 Å². The third-order valence-electron chi connectivity index (χ3n) is 5.77. The van der Waals surface area contributed by atoms with E-state index in [0.29, 0.717) is 22.8 Å². The van der Waals surface area contributed by atoms with Gasteiger partial charge < -0.3 is 9.46 Å². The standard InChI is InChI=1S/C23H24FN3O3S2/c1-30-19-11-12-21-23(15-19)31(24,26-21)25-16-17-6-4-9-20(14-17)32(28,29)27-13-5-8-18-7-2-3-10-22(18)27/h2-4,6-7,9-12,14-15,25-26H,5,8,13,16H2,1H3. The Morgan fingerprint density at radius 3 is 2.81 bits per heavy atom. The van der Waals surface area contributed by atoms with Crippen LogP contribution in [0.3, 0.4) is 0 Å². The number of fused-ring (bicyclic) bond motifs is 2. The molecule has 3 aromatic carbocycles. The highest BCUT2D eigenvalue weighted by atomic mass is 32.3. The van der Waals surface area contributed by atoms with E-state index in [2.05, 4.69) is 9.44 Å². The van der Waals surface area contributed by atoms with E-state index in [1.54, 1.807) is 49.6 Å². The highest BCUT2D eigenvalue weighted by molar-refractivity contribution is 8.30. The molecule has 0 spiro atoms. The Bertz CT molecular complexity index is 1280. The van der Waals surface area contributed by atoms with E-state index in [9.17, 15) is 8.42 Å². The number of methoxy groups -OCH3 is 1. The second-order valence-electron chi connectivity index (χ2n) is 7.78. The molecule has 0 saturated heterocycles. The number of hydrogen-bond donors (Lipinski definition) is 2. The number of halogens is 1.